The van der Waals surface area contributed by atoms with Crippen molar-refractivity contribution in [2.45, 2.75) is 51.1 Å². The van der Waals surface area contributed by atoms with Crippen LogP contribution in [-0.2, 0) is 22.3 Å². The highest BCUT2D eigenvalue weighted by Crippen LogP contribution is 2.38. The molecule has 4 heteroatoms. The van der Waals surface area contributed by atoms with Crippen molar-refractivity contribution in [3.05, 3.63) is 132 Å². The first-order chi connectivity index (χ1) is 18.5. The Morgan fingerprint density at radius 1 is 0.684 bits per heavy atom. The summed E-state index contributed by atoms with van der Waals surface area (Å²) in [4.78, 5) is 2.52. The minimum absolute atomic E-state index is 0.0515. The third-order valence-corrected chi connectivity index (χ3v) is 12.7. The van der Waals surface area contributed by atoms with E-state index in [9.17, 15) is 0 Å². The minimum atomic E-state index is -2.61. The SMILES string of the molecule is CC(C)(C)[Si](OC[C@H]1[C@H](OCc2ccccc2)CN1Cc1ccccc1)(c1ccccc1)c1ccccc1. The molecule has 5 rings (SSSR count). The van der Waals surface area contributed by atoms with Gasteiger partial charge in [0.05, 0.1) is 25.4 Å². The zero-order valence-corrected chi connectivity index (χ0v) is 23.8. The van der Waals surface area contributed by atoms with Gasteiger partial charge in [-0.3, -0.25) is 4.90 Å². The van der Waals surface area contributed by atoms with Gasteiger partial charge in [0.15, 0.2) is 0 Å². The first-order valence-electron chi connectivity index (χ1n) is 13.7. The number of rotatable bonds is 10. The molecule has 0 amide bonds. The molecule has 0 unspecified atom stereocenters. The summed E-state index contributed by atoms with van der Waals surface area (Å²) >= 11 is 0. The van der Waals surface area contributed by atoms with Gasteiger partial charge >= 0.3 is 0 Å². The zero-order chi connectivity index (χ0) is 26.4. The van der Waals surface area contributed by atoms with E-state index in [0.717, 1.165) is 13.1 Å². The molecule has 2 atom stereocenters. The van der Waals surface area contributed by atoms with Crippen LogP contribution in [0.25, 0.3) is 0 Å². The molecular formula is C34H39NO2Si. The van der Waals surface area contributed by atoms with E-state index in [1.807, 2.05) is 0 Å². The van der Waals surface area contributed by atoms with Gasteiger partial charge in [0, 0.05) is 13.1 Å². The summed E-state index contributed by atoms with van der Waals surface area (Å²) in [6, 6.07) is 43.2. The average Bonchev–Trinajstić information content (AvgIpc) is 2.94. The van der Waals surface area contributed by atoms with Gasteiger partial charge in [0.1, 0.15) is 0 Å². The summed E-state index contributed by atoms with van der Waals surface area (Å²) in [5, 5.41) is 2.58. The van der Waals surface area contributed by atoms with Crippen LogP contribution < -0.4 is 10.4 Å². The maximum Gasteiger partial charge on any atom is 0.261 e. The van der Waals surface area contributed by atoms with Gasteiger partial charge in [0.2, 0.25) is 0 Å². The van der Waals surface area contributed by atoms with Crippen molar-refractivity contribution >= 4 is 18.7 Å². The van der Waals surface area contributed by atoms with Crippen LogP contribution >= 0.6 is 0 Å². The van der Waals surface area contributed by atoms with Crippen molar-refractivity contribution in [1.29, 1.82) is 0 Å². The second kappa shape index (κ2) is 11.8. The Hall–Kier alpha value is -3.02. The maximum absolute atomic E-state index is 7.34. The first kappa shape index (κ1) is 26.6. The second-order valence-corrected chi connectivity index (χ2v) is 15.6. The highest BCUT2D eigenvalue weighted by atomic mass is 28.4. The van der Waals surface area contributed by atoms with Crippen LogP contribution in [0.1, 0.15) is 31.9 Å². The monoisotopic (exact) mass is 521 g/mol. The van der Waals surface area contributed by atoms with Crippen molar-refractivity contribution in [2.24, 2.45) is 0 Å². The average molecular weight is 522 g/mol. The van der Waals surface area contributed by atoms with Gasteiger partial charge in [-0.05, 0) is 26.5 Å². The molecule has 3 nitrogen and oxygen atoms in total. The lowest BCUT2D eigenvalue weighted by molar-refractivity contribution is -0.126. The number of benzene rings is 4. The molecule has 4 aromatic rings. The number of hydrogen-bond acceptors (Lipinski definition) is 3. The zero-order valence-electron chi connectivity index (χ0n) is 22.8. The Morgan fingerprint density at radius 2 is 1.16 bits per heavy atom. The van der Waals surface area contributed by atoms with Gasteiger partial charge in [0.25, 0.3) is 8.32 Å². The fraction of sp³-hybridized carbons (Fsp3) is 0.294. The summed E-state index contributed by atoms with van der Waals surface area (Å²) in [5.74, 6) is 0. The van der Waals surface area contributed by atoms with E-state index in [1.54, 1.807) is 0 Å². The molecule has 0 spiro atoms. The van der Waals surface area contributed by atoms with Crippen molar-refractivity contribution in [2.75, 3.05) is 13.2 Å². The predicted octanol–water partition coefficient (Wildman–Crippen LogP) is 6.03. The van der Waals surface area contributed by atoms with Crippen LogP contribution in [0.15, 0.2) is 121 Å². The fourth-order valence-electron chi connectivity index (χ4n) is 5.71. The predicted molar refractivity (Wildman–Crippen MR) is 159 cm³/mol. The molecule has 38 heavy (non-hydrogen) atoms. The van der Waals surface area contributed by atoms with Crippen LogP contribution in [-0.4, -0.2) is 38.5 Å². The molecule has 1 fully saturated rings. The smallest absolute Gasteiger partial charge is 0.261 e. The van der Waals surface area contributed by atoms with Crippen LogP contribution in [0.5, 0.6) is 0 Å². The van der Waals surface area contributed by atoms with Crippen molar-refractivity contribution in [3.8, 4) is 0 Å². The van der Waals surface area contributed by atoms with Gasteiger partial charge in [-0.1, -0.05) is 142 Å². The summed E-state index contributed by atoms with van der Waals surface area (Å²) in [5.41, 5.74) is 2.53. The van der Waals surface area contributed by atoms with E-state index in [-0.39, 0.29) is 17.2 Å². The van der Waals surface area contributed by atoms with Crippen LogP contribution in [0, 0.1) is 0 Å². The molecule has 1 saturated heterocycles. The lowest BCUT2D eigenvalue weighted by Crippen LogP contribution is -2.69. The van der Waals surface area contributed by atoms with Crippen LogP contribution in [0.4, 0.5) is 0 Å². The first-order valence-corrected chi connectivity index (χ1v) is 15.6. The largest absolute Gasteiger partial charge is 0.406 e. The maximum atomic E-state index is 7.34. The van der Waals surface area contributed by atoms with E-state index >= 15 is 0 Å². The fourth-order valence-corrected chi connectivity index (χ4v) is 10.3. The highest BCUT2D eigenvalue weighted by Gasteiger charge is 2.51. The van der Waals surface area contributed by atoms with E-state index in [1.165, 1.54) is 21.5 Å². The third kappa shape index (κ3) is 5.69. The summed E-state index contributed by atoms with van der Waals surface area (Å²) in [6.45, 7) is 10.1. The molecule has 4 aromatic carbocycles. The molecule has 0 bridgehead atoms. The van der Waals surface area contributed by atoms with Crippen LogP contribution in [0.3, 0.4) is 0 Å². The molecule has 0 radical (unpaired) electrons. The molecule has 1 aliphatic rings. The Morgan fingerprint density at radius 3 is 1.66 bits per heavy atom. The third-order valence-electron chi connectivity index (χ3n) is 7.74. The van der Waals surface area contributed by atoms with E-state index in [0.29, 0.717) is 13.2 Å². The highest BCUT2D eigenvalue weighted by molar-refractivity contribution is 6.99. The molecule has 196 valence electrons. The topological polar surface area (TPSA) is 21.7 Å². The molecule has 0 saturated carbocycles. The molecule has 1 heterocycles. The number of ether oxygens (including phenoxy) is 1. The Labute approximate surface area is 229 Å². The lowest BCUT2D eigenvalue weighted by atomic mass is 9.98. The van der Waals surface area contributed by atoms with Gasteiger partial charge in [-0.2, -0.15) is 0 Å². The standard InChI is InChI=1S/C34H39NO2Si/c1-34(2,3)38(30-20-12-6-13-21-30,31-22-14-7-15-23-31)37-27-32-33(36-26-29-18-10-5-11-19-29)25-35(32)24-28-16-8-4-9-17-28/h4-23,32-33H,24-27H2,1-3H3/t32-,33+/m0/s1. The van der Waals surface area contributed by atoms with Crippen LogP contribution in [0.2, 0.25) is 5.04 Å². The van der Waals surface area contributed by atoms with Gasteiger partial charge in [-0.15, -0.1) is 0 Å². The van der Waals surface area contributed by atoms with Gasteiger partial charge < -0.3 is 9.16 Å². The molecule has 1 aliphatic heterocycles. The summed E-state index contributed by atoms with van der Waals surface area (Å²) < 4.78 is 13.8. The number of likely N-dealkylation sites (tertiary alicyclic amines) is 1. The van der Waals surface area contributed by atoms with E-state index < -0.39 is 8.32 Å². The normalized spacial score (nSPS) is 18.2. The number of nitrogens with zero attached hydrogens (tertiary/aromatic N) is 1. The van der Waals surface area contributed by atoms with Gasteiger partial charge in [-0.25, -0.2) is 0 Å². The van der Waals surface area contributed by atoms with E-state index in [4.69, 9.17) is 9.16 Å². The quantitative estimate of drug-likeness (QED) is 0.238. The summed E-state index contributed by atoms with van der Waals surface area (Å²) in [6.07, 6.45) is 0.136. The summed E-state index contributed by atoms with van der Waals surface area (Å²) in [7, 11) is -2.61. The van der Waals surface area contributed by atoms with Crippen molar-refractivity contribution in [3.63, 3.8) is 0 Å². The Bertz CT molecular complexity index is 1220. The lowest BCUT2D eigenvalue weighted by Gasteiger charge is -2.50. The molecular weight excluding hydrogens is 482 g/mol. The molecule has 0 aliphatic carbocycles. The minimum Gasteiger partial charge on any atom is -0.406 e. The number of hydrogen-bond donors (Lipinski definition) is 0. The van der Waals surface area contributed by atoms with Crippen molar-refractivity contribution in [1.82, 2.24) is 4.90 Å². The second-order valence-electron chi connectivity index (χ2n) is 11.3. The Balaban J connectivity index is 1.43. The molecule has 0 aromatic heterocycles. The Kier molecular flexibility index (Phi) is 8.25. The van der Waals surface area contributed by atoms with E-state index in [2.05, 4.69) is 147 Å². The molecule has 0 N–H and O–H groups in total. The van der Waals surface area contributed by atoms with Crippen molar-refractivity contribution < 1.29 is 9.16 Å².